The quantitative estimate of drug-likeness (QED) is 0.726. The van der Waals surface area contributed by atoms with Gasteiger partial charge >= 0.3 is 12.1 Å². The second kappa shape index (κ2) is 4.33. The van der Waals surface area contributed by atoms with E-state index in [1.165, 1.54) is 25.3 Å². The zero-order chi connectivity index (χ0) is 13.3. The number of hydrogen-bond donors (Lipinski definition) is 0. The molecule has 94 valence electrons. The van der Waals surface area contributed by atoms with Crippen molar-refractivity contribution >= 4 is 16.7 Å². The van der Waals surface area contributed by atoms with Crippen molar-refractivity contribution < 1.29 is 22.7 Å². The molecule has 0 saturated carbocycles. The van der Waals surface area contributed by atoms with Gasteiger partial charge in [-0.25, -0.2) is 4.79 Å². The fourth-order valence-corrected chi connectivity index (χ4v) is 1.83. The third-order valence-electron chi connectivity index (χ3n) is 2.63. The van der Waals surface area contributed by atoms with Gasteiger partial charge in [0.2, 0.25) is 0 Å². The van der Waals surface area contributed by atoms with Crippen molar-refractivity contribution in [2.75, 3.05) is 7.11 Å². The Kier molecular flexibility index (Phi) is 2.98. The lowest BCUT2D eigenvalue weighted by atomic mass is 9.99. The lowest BCUT2D eigenvalue weighted by Gasteiger charge is -2.12. The summed E-state index contributed by atoms with van der Waals surface area (Å²) in [7, 11) is 1.19. The first-order valence-electron chi connectivity index (χ1n) is 5.12. The molecule has 18 heavy (non-hydrogen) atoms. The normalized spacial score (nSPS) is 11.6. The largest absolute Gasteiger partial charge is 0.465 e. The molecular formula is C13H9F3O2. The van der Waals surface area contributed by atoms with Gasteiger partial charge in [-0.1, -0.05) is 24.3 Å². The van der Waals surface area contributed by atoms with Crippen molar-refractivity contribution in [2.24, 2.45) is 0 Å². The van der Waals surface area contributed by atoms with E-state index in [2.05, 4.69) is 4.74 Å². The number of methoxy groups -OCH3 is 1. The van der Waals surface area contributed by atoms with Crippen LogP contribution in [0.3, 0.4) is 0 Å². The Hall–Kier alpha value is -2.04. The molecule has 2 rings (SSSR count). The van der Waals surface area contributed by atoms with E-state index in [-0.39, 0.29) is 16.3 Å². The first kappa shape index (κ1) is 12.4. The highest BCUT2D eigenvalue weighted by Gasteiger charge is 2.33. The van der Waals surface area contributed by atoms with Crippen molar-refractivity contribution in [1.82, 2.24) is 0 Å². The number of alkyl halides is 3. The molecule has 0 aliphatic carbocycles. The Morgan fingerprint density at radius 2 is 1.67 bits per heavy atom. The zero-order valence-corrected chi connectivity index (χ0v) is 9.41. The number of ether oxygens (including phenoxy) is 1. The van der Waals surface area contributed by atoms with E-state index in [0.717, 1.165) is 12.1 Å². The third-order valence-corrected chi connectivity index (χ3v) is 2.63. The molecule has 2 nitrogen and oxygen atoms in total. The van der Waals surface area contributed by atoms with E-state index in [0.29, 0.717) is 0 Å². The monoisotopic (exact) mass is 254 g/mol. The molecule has 2 aromatic carbocycles. The van der Waals surface area contributed by atoms with Gasteiger partial charge in [-0.2, -0.15) is 13.2 Å². The van der Waals surface area contributed by atoms with E-state index in [9.17, 15) is 18.0 Å². The fourth-order valence-electron chi connectivity index (χ4n) is 1.83. The predicted octanol–water partition coefficient (Wildman–Crippen LogP) is 3.65. The standard InChI is InChI=1S/C13H9F3O2/c1-18-12(17)10-6-7-11(13(14,15)16)9-5-3-2-4-8(9)10/h2-7H,1H3. The average Bonchev–Trinajstić information content (AvgIpc) is 2.35. The van der Waals surface area contributed by atoms with Gasteiger partial charge in [-0.05, 0) is 22.9 Å². The SMILES string of the molecule is COC(=O)c1ccc(C(F)(F)F)c2ccccc12. The molecule has 0 N–H and O–H groups in total. The number of carbonyl (C=O) groups excluding carboxylic acids is 1. The predicted molar refractivity (Wildman–Crippen MR) is 60.3 cm³/mol. The molecule has 0 bridgehead atoms. The second-order valence-electron chi connectivity index (χ2n) is 3.70. The number of halogens is 3. The highest BCUT2D eigenvalue weighted by atomic mass is 19.4. The molecule has 0 radical (unpaired) electrons. The Morgan fingerprint density at radius 1 is 1.06 bits per heavy atom. The fraction of sp³-hybridized carbons (Fsp3) is 0.154. The van der Waals surface area contributed by atoms with Gasteiger partial charge in [0, 0.05) is 0 Å². The molecular weight excluding hydrogens is 245 g/mol. The summed E-state index contributed by atoms with van der Waals surface area (Å²) in [6.07, 6.45) is -4.45. The summed E-state index contributed by atoms with van der Waals surface area (Å²) in [4.78, 5) is 11.5. The first-order chi connectivity index (χ1) is 8.45. The summed E-state index contributed by atoms with van der Waals surface area (Å²) in [6.45, 7) is 0. The highest BCUT2D eigenvalue weighted by Crippen LogP contribution is 2.35. The number of fused-ring (bicyclic) bond motifs is 1. The summed E-state index contributed by atoms with van der Waals surface area (Å²) >= 11 is 0. The van der Waals surface area contributed by atoms with Crippen LogP contribution in [0.5, 0.6) is 0 Å². The van der Waals surface area contributed by atoms with Crippen molar-refractivity contribution in [3.8, 4) is 0 Å². The molecule has 0 unspecified atom stereocenters. The summed E-state index contributed by atoms with van der Waals surface area (Å²) < 4.78 is 43.0. The van der Waals surface area contributed by atoms with Crippen LogP contribution >= 0.6 is 0 Å². The van der Waals surface area contributed by atoms with Crippen molar-refractivity contribution in [3.05, 3.63) is 47.5 Å². The van der Waals surface area contributed by atoms with Crippen LogP contribution < -0.4 is 0 Å². The Labute approximate surface area is 101 Å². The molecule has 0 atom stereocenters. The average molecular weight is 254 g/mol. The Morgan fingerprint density at radius 3 is 2.22 bits per heavy atom. The van der Waals surface area contributed by atoms with Crippen LogP contribution in [0.1, 0.15) is 15.9 Å². The van der Waals surface area contributed by atoms with E-state index >= 15 is 0 Å². The van der Waals surface area contributed by atoms with Gasteiger partial charge in [0.25, 0.3) is 0 Å². The maximum absolute atomic E-state index is 12.8. The van der Waals surface area contributed by atoms with Gasteiger partial charge in [0.1, 0.15) is 0 Å². The number of carbonyl (C=O) groups is 1. The highest BCUT2D eigenvalue weighted by molar-refractivity contribution is 6.05. The second-order valence-corrected chi connectivity index (χ2v) is 3.70. The summed E-state index contributed by atoms with van der Waals surface area (Å²) in [5.74, 6) is -0.653. The summed E-state index contributed by atoms with van der Waals surface area (Å²) in [5.41, 5.74) is -0.633. The third kappa shape index (κ3) is 2.03. The van der Waals surface area contributed by atoms with Crippen molar-refractivity contribution in [2.45, 2.75) is 6.18 Å². The first-order valence-corrected chi connectivity index (χ1v) is 5.12. The van der Waals surface area contributed by atoms with Gasteiger partial charge in [-0.15, -0.1) is 0 Å². The molecule has 0 spiro atoms. The minimum absolute atomic E-state index is 0.00657. The van der Waals surface area contributed by atoms with E-state index < -0.39 is 17.7 Å². The molecule has 0 fully saturated rings. The minimum Gasteiger partial charge on any atom is -0.465 e. The summed E-state index contributed by atoms with van der Waals surface area (Å²) in [6, 6.07) is 7.92. The maximum atomic E-state index is 12.8. The van der Waals surface area contributed by atoms with E-state index in [1.54, 1.807) is 6.07 Å². The molecule has 5 heteroatoms. The molecule has 2 aromatic rings. The molecule has 0 aromatic heterocycles. The van der Waals surface area contributed by atoms with E-state index in [4.69, 9.17) is 0 Å². The van der Waals surface area contributed by atoms with Crippen LogP contribution in [-0.4, -0.2) is 13.1 Å². The van der Waals surface area contributed by atoms with Gasteiger partial charge in [-0.3, -0.25) is 0 Å². The Balaban J connectivity index is 2.78. The van der Waals surface area contributed by atoms with Crippen LogP contribution in [-0.2, 0) is 10.9 Å². The number of esters is 1. The lowest BCUT2D eigenvalue weighted by molar-refractivity contribution is -0.136. The number of rotatable bonds is 1. The van der Waals surface area contributed by atoms with Gasteiger partial charge < -0.3 is 4.74 Å². The smallest absolute Gasteiger partial charge is 0.417 e. The molecule has 0 saturated heterocycles. The van der Waals surface area contributed by atoms with Gasteiger partial charge in [0.05, 0.1) is 18.2 Å². The van der Waals surface area contributed by atoms with Crippen LogP contribution in [0.2, 0.25) is 0 Å². The minimum atomic E-state index is -4.45. The lowest BCUT2D eigenvalue weighted by Crippen LogP contribution is -2.08. The number of benzene rings is 2. The van der Waals surface area contributed by atoms with E-state index in [1.807, 2.05) is 0 Å². The molecule has 0 aliphatic rings. The van der Waals surface area contributed by atoms with Crippen LogP contribution in [0, 0.1) is 0 Å². The van der Waals surface area contributed by atoms with Crippen LogP contribution in [0.15, 0.2) is 36.4 Å². The maximum Gasteiger partial charge on any atom is 0.417 e. The van der Waals surface area contributed by atoms with Gasteiger partial charge in [0.15, 0.2) is 0 Å². The molecule has 0 heterocycles. The zero-order valence-electron chi connectivity index (χ0n) is 9.41. The topological polar surface area (TPSA) is 26.3 Å². The Bertz CT molecular complexity index is 603. The molecule has 0 aliphatic heterocycles. The summed E-state index contributed by atoms with van der Waals surface area (Å²) in [5, 5.41) is 0.229. The van der Waals surface area contributed by atoms with Crippen LogP contribution in [0.4, 0.5) is 13.2 Å². The van der Waals surface area contributed by atoms with Crippen molar-refractivity contribution in [1.29, 1.82) is 0 Å². The van der Waals surface area contributed by atoms with Crippen molar-refractivity contribution in [3.63, 3.8) is 0 Å². The number of hydrogen-bond acceptors (Lipinski definition) is 2. The molecule has 0 amide bonds. The van der Waals surface area contributed by atoms with Crippen LogP contribution in [0.25, 0.3) is 10.8 Å².